The number of H-pyrrole nitrogens is 1. The Labute approximate surface area is 154 Å². The van der Waals surface area contributed by atoms with Gasteiger partial charge < -0.3 is 15.2 Å². The number of nitrogens with zero attached hydrogens (tertiary/aromatic N) is 3. The molecule has 23 heavy (non-hydrogen) atoms. The molecule has 0 radical (unpaired) electrons. The zero-order chi connectivity index (χ0) is 15.4. The second-order valence-electron chi connectivity index (χ2n) is 5.84. The lowest BCUT2D eigenvalue weighted by molar-refractivity contribution is 0.462. The molecule has 0 aliphatic heterocycles. The van der Waals surface area contributed by atoms with Crippen LogP contribution in [0.1, 0.15) is 18.7 Å². The first-order valence-electron chi connectivity index (χ1n) is 7.77. The Balaban J connectivity index is 0.00000192. The molecule has 6 heteroatoms. The predicted molar refractivity (Wildman–Crippen MR) is 105 cm³/mol. The highest BCUT2D eigenvalue weighted by molar-refractivity contribution is 14.0. The molecule has 1 aliphatic carbocycles. The van der Waals surface area contributed by atoms with Gasteiger partial charge in [-0.25, -0.2) is 4.98 Å². The van der Waals surface area contributed by atoms with Crippen LogP contribution in [0.25, 0.3) is 11.3 Å². The van der Waals surface area contributed by atoms with Crippen LogP contribution in [0, 0.1) is 5.92 Å². The molecule has 0 spiro atoms. The van der Waals surface area contributed by atoms with Gasteiger partial charge in [0.15, 0.2) is 5.96 Å². The number of hydrogen-bond donors (Lipinski definition) is 2. The Morgan fingerprint density at radius 2 is 2.09 bits per heavy atom. The first kappa shape index (κ1) is 17.8. The van der Waals surface area contributed by atoms with Crippen LogP contribution in [0.3, 0.4) is 0 Å². The van der Waals surface area contributed by atoms with E-state index in [-0.39, 0.29) is 24.0 Å². The number of nitrogens with one attached hydrogen (secondary N) is 2. The fraction of sp³-hybridized carbons (Fsp3) is 0.412. The Hall–Kier alpha value is -1.57. The quantitative estimate of drug-likeness (QED) is 0.440. The summed E-state index contributed by atoms with van der Waals surface area (Å²) in [6, 6.07) is 10.2. The number of aliphatic imine (C=N–C) groups is 1. The highest BCUT2D eigenvalue weighted by Crippen LogP contribution is 2.27. The number of halogens is 1. The van der Waals surface area contributed by atoms with Crippen LogP contribution in [-0.2, 0) is 6.54 Å². The maximum absolute atomic E-state index is 4.48. The molecular weight excluding hydrogens is 401 g/mol. The standard InChI is InChI=1S/C17H23N5.HI/c1-18-17(20-10-13-8-9-13)22(2)12-16-19-11-15(21-16)14-6-4-3-5-7-14;/h3-7,11,13H,8-10,12H2,1-2H3,(H,18,20)(H,19,21);1H. The van der Waals surface area contributed by atoms with E-state index in [2.05, 4.69) is 37.3 Å². The zero-order valence-electron chi connectivity index (χ0n) is 13.6. The third-order valence-electron chi connectivity index (χ3n) is 3.92. The van der Waals surface area contributed by atoms with E-state index in [1.807, 2.05) is 38.5 Å². The lowest BCUT2D eigenvalue weighted by atomic mass is 10.2. The van der Waals surface area contributed by atoms with E-state index in [1.165, 1.54) is 12.8 Å². The van der Waals surface area contributed by atoms with Crippen LogP contribution in [0.4, 0.5) is 0 Å². The number of guanidine groups is 1. The summed E-state index contributed by atoms with van der Waals surface area (Å²) in [5.41, 5.74) is 2.20. The van der Waals surface area contributed by atoms with Crippen molar-refractivity contribution < 1.29 is 0 Å². The van der Waals surface area contributed by atoms with Gasteiger partial charge in [0.25, 0.3) is 0 Å². The van der Waals surface area contributed by atoms with E-state index >= 15 is 0 Å². The SMILES string of the molecule is CN=C(NCC1CC1)N(C)Cc1ncc(-c2ccccc2)[nH]1.I. The van der Waals surface area contributed by atoms with Crippen molar-refractivity contribution in [3.63, 3.8) is 0 Å². The summed E-state index contributed by atoms with van der Waals surface area (Å²) in [5, 5.41) is 3.42. The first-order chi connectivity index (χ1) is 10.8. The van der Waals surface area contributed by atoms with Crippen molar-refractivity contribution in [3.05, 3.63) is 42.4 Å². The van der Waals surface area contributed by atoms with E-state index in [9.17, 15) is 0 Å². The summed E-state index contributed by atoms with van der Waals surface area (Å²) in [5.74, 6) is 2.69. The van der Waals surface area contributed by atoms with Crippen molar-refractivity contribution in [2.45, 2.75) is 19.4 Å². The lowest BCUT2D eigenvalue weighted by Crippen LogP contribution is -2.39. The molecule has 5 nitrogen and oxygen atoms in total. The molecule has 0 amide bonds. The van der Waals surface area contributed by atoms with E-state index in [0.717, 1.165) is 35.5 Å². The molecule has 0 unspecified atom stereocenters. The second kappa shape index (κ2) is 8.33. The van der Waals surface area contributed by atoms with Gasteiger partial charge in [-0.05, 0) is 24.3 Å². The van der Waals surface area contributed by atoms with Gasteiger partial charge in [0.05, 0.1) is 18.4 Å². The van der Waals surface area contributed by atoms with Gasteiger partial charge in [-0.2, -0.15) is 0 Å². The van der Waals surface area contributed by atoms with Crippen LogP contribution in [0.15, 0.2) is 41.5 Å². The van der Waals surface area contributed by atoms with Crippen LogP contribution >= 0.6 is 24.0 Å². The average molecular weight is 425 g/mol. The second-order valence-corrected chi connectivity index (χ2v) is 5.84. The Morgan fingerprint density at radius 3 is 2.74 bits per heavy atom. The van der Waals surface area contributed by atoms with Crippen molar-refractivity contribution in [3.8, 4) is 11.3 Å². The summed E-state index contributed by atoms with van der Waals surface area (Å²) in [7, 11) is 3.86. The van der Waals surface area contributed by atoms with Gasteiger partial charge in [-0.15, -0.1) is 24.0 Å². The molecule has 3 rings (SSSR count). The van der Waals surface area contributed by atoms with Gasteiger partial charge in [-0.3, -0.25) is 4.99 Å². The first-order valence-corrected chi connectivity index (χ1v) is 7.77. The summed E-state index contributed by atoms with van der Waals surface area (Å²) in [6.07, 6.45) is 4.57. The highest BCUT2D eigenvalue weighted by atomic mass is 127. The molecule has 0 atom stereocenters. The minimum absolute atomic E-state index is 0. The van der Waals surface area contributed by atoms with Gasteiger partial charge in [-0.1, -0.05) is 30.3 Å². The van der Waals surface area contributed by atoms with E-state index < -0.39 is 0 Å². The molecule has 2 aromatic rings. The summed E-state index contributed by atoms with van der Waals surface area (Å²) in [4.78, 5) is 14.3. The minimum atomic E-state index is 0. The summed E-state index contributed by atoms with van der Waals surface area (Å²) >= 11 is 0. The third kappa shape index (κ3) is 4.95. The van der Waals surface area contributed by atoms with Crippen molar-refractivity contribution in [1.29, 1.82) is 0 Å². The molecule has 2 N–H and O–H groups in total. The third-order valence-corrected chi connectivity index (χ3v) is 3.92. The van der Waals surface area contributed by atoms with Crippen molar-refractivity contribution in [2.24, 2.45) is 10.9 Å². The maximum atomic E-state index is 4.48. The Bertz CT molecular complexity index is 633. The van der Waals surface area contributed by atoms with Crippen molar-refractivity contribution in [1.82, 2.24) is 20.2 Å². The van der Waals surface area contributed by atoms with Gasteiger partial charge >= 0.3 is 0 Å². The fourth-order valence-corrected chi connectivity index (χ4v) is 2.45. The number of rotatable bonds is 5. The fourth-order valence-electron chi connectivity index (χ4n) is 2.45. The molecule has 1 aliphatic rings. The molecule has 1 aromatic carbocycles. The Kier molecular flexibility index (Phi) is 6.44. The summed E-state index contributed by atoms with van der Waals surface area (Å²) < 4.78 is 0. The number of aromatic amines is 1. The van der Waals surface area contributed by atoms with E-state index in [4.69, 9.17) is 0 Å². The minimum Gasteiger partial charge on any atom is -0.356 e. The molecule has 0 saturated heterocycles. The van der Waals surface area contributed by atoms with E-state index in [1.54, 1.807) is 0 Å². The normalized spacial score (nSPS) is 14.3. The van der Waals surface area contributed by atoms with Crippen LogP contribution in [0.5, 0.6) is 0 Å². The lowest BCUT2D eigenvalue weighted by Gasteiger charge is -2.21. The average Bonchev–Trinajstić information content (AvgIpc) is 3.26. The largest absolute Gasteiger partial charge is 0.356 e. The zero-order valence-corrected chi connectivity index (χ0v) is 16.0. The molecule has 1 saturated carbocycles. The monoisotopic (exact) mass is 425 g/mol. The summed E-state index contributed by atoms with van der Waals surface area (Å²) in [6.45, 7) is 1.72. The molecule has 1 heterocycles. The van der Waals surface area contributed by atoms with Gasteiger partial charge in [0, 0.05) is 20.6 Å². The Morgan fingerprint density at radius 1 is 1.35 bits per heavy atom. The topological polar surface area (TPSA) is 56.3 Å². The van der Waals surface area contributed by atoms with Crippen LogP contribution < -0.4 is 5.32 Å². The predicted octanol–water partition coefficient (Wildman–Crippen LogP) is 3.11. The van der Waals surface area contributed by atoms with Crippen molar-refractivity contribution in [2.75, 3.05) is 20.6 Å². The maximum Gasteiger partial charge on any atom is 0.193 e. The number of aromatic nitrogens is 2. The number of hydrogen-bond acceptors (Lipinski definition) is 2. The molecule has 0 bridgehead atoms. The van der Waals surface area contributed by atoms with Gasteiger partial charge in [0.2, 0.25) is 0 Å². The van der Waals surface area contributed by atoms with Crippen LogP contribution in [0.2, 0.25) is 0 Å². The highest BCUT2D eigenvalue weighted by Gasteiger charge is 2.21. The number of benzene rings is 1. The van der Waals surface area contributed by atoms with Crippen molar-refractivity contribution >= 4 is 29.9 Å². The molecular formula is C17H24IN5. The molecule has 1 aromatic heterocycles. The smallest absolute Gasteiger partial charge is 0.193 e. The van der Waals surface area contributed by atoms with E-state index in [0.29, 0.717) is 6.54 Å². The molecule has 1 fully saturated rings. The number of imidazole rings is 1. The van der Waals surface area contributed by atoms with Crippen LogP contribution in [-0.4, -0.2) is 41.5 Å². The molecule has 124 valence electrons. The van der Waals surface area contributed by atoms with Gasteiger partial charge in [0.1, 0.15) is 5.82 Å².